The van der Waals surface area contributed by atoms with E-state index in [0.717, 1.165) is 41.7 Å². The van der Waals surface area contributed by atoms with Gasteiger partial charge in [-0.15, -0.1) is 11.8 Å². The average Bonchev–Trinajstić information content (AvgIpc) is 3.01. The maximum atomic E-state index is 11.4. The number of benzene rings is 2. The SMILES string of the molecule is C[C@]12CC[C@@H]3c4ccc(O)cc4[C@@H](O)[C@@H](Sc4ccc(O)cc4)[C@H]3[C@@H]1CC[C@@H]2O. The van der Waals surface area contributed by atoms with Gasteiger partial charge in [0.2, 0.25) is 0 Å². The van der Waals surface area contributed by atoms with Gasteiger partial charge in [-0.25, -0.2) is 0 Å². The van der Waals surface area contributed by atoms with Crippen LogP contribution in [0.25, 0.3) is 0 Å². The van der Waals surface area contributed by atoms with Crippen molar-refractivity contribution in [3.05, 3.63) is 53.6 Å². The highest BCUT2D eigenvalue weighted by molar-refractivity contribution is 8.00. The fourth-order valence-electron chi connectivity index (χ4n) is 6.36. The number of phenols is 2. The zero-order chi connectivity index (χ0) is 20.3. The van der Waals surface area contributed by atoms with E-state index in [1.807, 2.05) is 18.2 Å². The van der Waals surface area contributed by atoms with Gasteiger partial charge in [-0.05, 0) is 96.4 Å². The van der Waals surface area contributed by atoms with Crippen LogP contribution in [0.5, 0.6) is 11.5 Å². The lowest BCUT2D eigenvalue weighted by molar-refractivity contribution is -0.0341. The van der Waals surface area contributed by atoms with Crippen molar-refractivity contribution in [2.24, 2.45) is 17.3 Å². The number of aliphatic hydroxyl groups excluding tert-OH is 2. The molecular weight excluding hydrogens is 384 g/mol. The molecule has 154 valence electrons. The Morgan fingerprint density at radius 2 is 1.62 bits per heavy atom. The van der Waals surface area contributed by atoms with Gasteiger partial charge in [0.25, 0.3) is 0 Å². The van der Waals surface area contributed by atoms with Gasteiger partial charge in [-0.2, -0.15) is 0 Å². The van der Waals surface area contributed by atoms with Gasteiger partial charge in [0.1, 0.15) is 11.5 Å². The first-order valence-corrected chi connectivity index (χ1v) is 11.4. The molecule has 2 fully saturated rings. The minimum absolute atomic E-state index is 0.0613. The number of thioether (sulfide) groups is 1. The monoisotopic (exact) mass is 412 g/mol. The molecule has 29 heavy (non-hydrogen) atoms. The van der Waals surface area contributed by atoms with E-state index in [4.69, 9.17) is 0 Å². The van der Waals surface area contributed by atoms with Crippen LogP contribution in [0.2, 0.25) is 0 Å². The van der Waals surface area contributed by atoms with Gasteiger partial charge in [-0.3, -0.25) is 0 Å². The standard InChI is InChI=1S/C24H28O4S/c1-24-11-10-17-16-7-4-14(26)12-18(16)22(28)23(21(17)19(24)8-9-20(24)27)29-15-5-2-13(25)3-6-15/h2-7,12,17,19-23,25-28H,8-11H2,1H3/t17-,19+,20+,21-,22-,23+,24+/m1/s1. The topological polar surface area (TPSA) is 80.9 Å². The summed E-state index contributed by atoms with van der Waals surface area (Å²) in [6, 6.07) is 12.6. The molecule has 7 atom stereocenters. The molecule has 0 aromatic heterocycles. The first-order chi connectivity index (χ1) is 13.9. The van der Waals surface area contributed by atoms with Crippen molar-refractivity contribution in [1.82, 2.24) is 0 Å². The van der Waals surface area contributed by atoms with Gasteiger partial charge in [0.15, 0.2) is 0 Å². The van der Waals surface area contributed by atoms with E-state index in [9.17, 15) is 20.4 Å². The normalized spacial score (nSPS) is 38.2. The van der Waals surface area contributed by atoms with Crippen LogP contribution in [0.3, 0.4) is 0 Å². The van der Waals surface area contributed by atoms with Crippen LogP contribution in [0, 0.1) is 17.3 Å². The molecule has 0 unspecified atom stereocenters. The largest absolute Gasteiger partial charge is 0.508 e. The van der Waals surface area contributed by atoms with Crippen molar-refractivity contribution in [3.63, 3.8) is 0 Å². The van der Waals surface area contributed by atoms with E-state index in [2.05, 4.69) is 6.92 Å². The molecule has 0 amide bonds. The van der Waals surface area contributed by atoms with Gasteiger partial charge >= 0.3 is 0 Å². The summed E-state index contributed by atoms with van der Waals surface area (Å²) in [6.45, 7) is 2.23. The number of hydrogen-bond donors (Lipinski definition) is 4. The molecule has 0 saturated heterocycles. The number of hydrogen-bond acceptors (Lipinski definition) is 5. The van der Waals surface area contributed by atoms with Gasteiger partial charge < -0.3 is 20.4 Å². The van der Waals surface area contributed by atoms with Crippen LogP contribution in [-0.2, 0) is 0 Å². The van der Waals surface area contributed by atoms with Crippen molar-refractivity contribution >= 4 is 11.8 Å². The van der Waals surface area contributed by atoms with E-state index < -0.39 is 6.10 Å². The number of rotatable bonds is 2. The van der Waals surface area contributed by atoms with Crippen LogP contribution in [0.1, 0.15) is 55.8 Å². The Morgan fingerprint density at radius 3 is 2.38 bits per heavy atom. The first kappa shape index (κ1) is 19.3. The molecular formula is C24H28O4S. The Morgan fingerprint density at radius 1 is 0.897 bits per heavy atom. The van der Waals surface area contributed by atoms with E-state index >= 15 is 0 Å². The lowest BCUT2D eigenvalue weighted by Gasteiger charge is -2.54. The molecule has 2 aromatic carbocycles. The van der Waals surface area contributed by atoms with Gasteiger partial charge in [0, 0.05) is 10.1 Å². The smallest absolute Gasteiger partial charge is 0.115 e. The number of fused-ring (bicyclic) bond motifs is 5. The predicted molar refractivity (Wildman–Crippen MR) is 113 cm³/mol. The highest BCUT2D eigenvalue weighted by atomic mass is 32.2. The second-order valence-electron chi connectivity index (χ2n) is 9.26. The zero-order valence-electron chi connectivity index (χ0n) is 16.5. The highest BCUT2D eigenvalue weighted by Gasteiger charge is 2.58. The summed E-state index contributed by atoms with van der Waals surface area (Å²) < 4.78 is 0. The van der Waals surface area contributed by atoms with Crippen molar-refractivity contribution in [2.75, 3.05) is 0 Å². The second kappa shape index (κ2) is 6.93. The molecule has 0 heterocycles. The lowest BCUT2D eigenvalue weighted by atomic mass is 9.55. The van der Waals surface area contributed by atoms with Crippen LogP contribution >= 0.6 is 11.8 Å². The molecule has 0 radical (unpaired) electrons. The van der Waals surface area contributed by atoms with E-state index in [-0.39, 0.29) is 34.2 Å². The second-order valence-corrected chi connectivity index (χ2v) is 10.5. The molecule has 4 N–H and O–H groups in total. The van der Waals surface area contributed by atoms with Crippen LogP contribution in [0.15, 0.2) is 47.4 Å². The van der Waals surface area contributed by atoms with E-state index in [1.54, 1.807) is 36.0 Å². The summed E-state index contributed by atoms with van der Waals surface area (Å²) in [6.07, 6.45) is 2.85. The molecule has 0 spiro atoms. The van der Waals surface area contributed by atoms with Crippen LogP contribution in [-0.4, -0.2) is 31.8 Å². The summed E-state index contributed by atoms with van der Waals surface area (Å²) in [5, 5.41) is 41.8. The fraction of sp³-hybridized carbons (Fsp3) is 0.500. The van der Waals surface area contributed by atoms with Gasteiger partial charge in [0.05, 0.1) is 12.2 Å². The molecule has 5 rings (SSSR count). The zero-order valence-corrected chi connectivity index (χ0v) is 17.3. The maximum Gasteiger partial charge on any atom is 0.115 e. The molecule has 3 aliphatic rings. The Balaban J connectivity index is 1.59. The minimum atomic E-state index is -0.683. The third-order valence-corrected chi connectivity index (χ3v) is 9.26. The Hall–Kier alpha value is -1.69. The first-order valence-electron chi connectivity index (χ1n) is 10.5. The molecule has 4 nitrogen and oxygen atoms in total. The van der Waals surface area contributed by atoms with Crippen molar-refractivity contribution in [2.45, 2.75) is 60.9 Å². The third kappa shape index (κ3) is 2.97. The summed E-state index contributed by atoms with van der Waals surface area (Å²) in [4.78, 5) is 1.01. The molecule has 3 aliphatic carbocycles. The number of phenolic OH excluding ortho intramolecular Hbond substituents is 2. The predicted octanol–water partition coefficient (Wildman–Crippen LogP) is 4.58. The third-order valence-electron chi connectivity index (χ3n) is 7.87. The highest BCUT2D eigenvalue weighted by Crippen LogP contribution is 2.64. The number of aromatic hydroxyl groups is 2. The fourth-order valence-corrected chi connectivity index (χ4v) is 7.78. The summed E-state index contributed by atoms with van der Waals surface area (Å²) in [7, 11) is 0. The van der Waals surface area contributed by atoms with E-state index in [0.29, 0.717) is 11.8 Å². The maximum absolute atomic E-state index is 11.4. The van der Waals surface area contributed by atoms with Crippen molar-refractivity contribution in [1.29, 1.82) is 0 Å². The average molecular weight is 413 g/mol. The summed E-state index contributed by atoms with van der Waals surface area (Å²) in [5.41, 5.74) is 1.90. The van der Waals surface area contributed by atoms with Crippen molar-refractivity contribution in [3.8, 4) is 11.5 Å². The molecule has 0 bridgehead atoms. The molecule has 2 aromatic rings. The number of aliphatic hydroxyl groups is 2. The molecule has 2 saturated carbocycles. The lowest BCUT2D eigenvalue weighted by Crippen LogP contribution is -2.49. The van der Waals surface area contributed by atoms with E-state index in [1.165, 1.54) is 0 Å². The van der Waals surface area contributed by atoms with Gasteiger partial charge in [-0.1, -0.05) is 13.0 Å². The van der Waals surface area contributed by atoms with Crippen molar-refractivity contribution < 1.29 is 20.4 Å². The quantitative estimate of drug-likeness (QED) is 0.581. The molecule has 5 heteroatoms. The molecule has 0 aliphatic heterocycles. The Labute approximate surface area is 175 Å². The summed E-state index contributed by atoms with van der Waals surface area (Å²) >= 11 is 1.66. The Kier molecular flexibility index (Phi) is 4.61. The Bertz CT molecular complexity index is 914. The minimum Gasteiger partial charge on any atom is -0.508 e. The van der Waals surface area contributed by atoms with Crippen LogP contribution in [0.4, 0.5) is 0 Å². The van der Waals surface area contributed by atoms with Crippen LogP contribution < -0.4 is 0 Å². The summed E-state index contributed by atoms with van der Waals surface area (Å²) in [5.74, 6) is 1.37.